The normalized spacial score (nSPS) is 16.8. The van der Waals surface area contributed by atoms with Gasteiger partial charge >= 0.3 is 6.03 Å². The van der Waals surface area contributed by atoms with Gasteiger partial charge in [0.15, 0.2) is 0 Å². The molecule has 1 aromatic carbocycles. The van der Waals surface area contributed by atoms with Crippen LogP contribution in [0.2, 0.25) is 0 Å². The van der Waals surface area contributed by atoms with E-state index < -0.39 is 16.7 Å². The molecule has 1 aliphatic heterocycles. The van der Waals surface area contributed by atoms with Crippen molar-refractivity contribution in [1.82, 2.24) is 15.1 Å². The number of amides is 4. The molecule has 0 atom stereocenters. The highest BCUT2D eigenvalue weighted by Gasteiger charge is 2.36. The fraction of sp³-hybridized carbons (Fsp3) is 0.526. The van der Waals surface area contributed by atoms with Gasteiger partial charge in [-0.25, -0.2) is 4.79 Å². The van der Waals surface area contributed by atoms with Crippen molar-refractivity contribution in [2.45, 2.75) is 44.6 Å². The van der Waals surface area contributed by atoms with Gasteiger partial charge in [-0.3, -0.25) is 24.6 Å². The largest absolute Gasteiger partial charge is 0.338 e. The molecule has 0 saturated heterocycles. The zero-order valence-electron chi connectivity index (χ0n) is 15.8. The molecule has 0 unspecified atom stereocenters. The van der Waals surface area contributed by atoms with Crippen molar-refractivity contribution in [3.05, 3.63) is 39.4 Å². The molecule has 0 bridgehead atoms. The maximum Gasteiger partial charge on any atom is 0.317 e. The van der Waals surface area contributed by atoms with Gasteiger partial charge in [0.25, 0.3) is 17.5 Å². The molecular weight excluding hydrogens is 364 g/mol. The average Bonchev–Trinajstić information content (AvgIpc) is 2.95. The summed E-state index contributed by atoms with van der Waals surface area (Å²) in [6.45, 7) is 0.483. The van der Waals surface area contributed by atoms with Gasteiger partial charge in [0, 0.05) is 38.3 Å². The first kappa shape index (κ1) is 19.8. The summed E-state index contributed by atoms with van der Waals surface area (Å²) in [5.41, 5.74) is 0.0108. The maximum atomic E-state index is 12.4. The van der Waals surface area contributed by atoms with Gasteiger partial charge in [0.1, 0.15) is 0 Å². The molecule has 1 aromatic rings. The zero-order valence-corrected chi connectivity index (χ0v) is 15.8. The molecule has 1 N–H and O–H groups in total. The highest BCUT2D eigenvalue weighted by Crippen LogP contribution is 2.27. The highest BCUT2D eigenvalue weighted by atomic mass is 16.6. The molecule has 2 aliphatic rings. The molecule has 9 heteroatoms. The van der Waals surface area contributed by atoms with E-state index in [0.717, 1.165) is 36.6 Å². The Morgan fingerprint density at radius 2 is 1.89 bits per heavy atom. The van der Waals surface area contributed by atoms with Gasteiger partial charge < -0.3 is 10.2 Å². The van der Waals surface area contributed by atoms with Crippen molar-refractivity contribution in [3.8, 4) is 0 Å². The third kappa shape index (κ3) is 3.97. The second-order valence-electron chi connectivity index (χ2n) is 7.24. The molecule has 3 rings (SSSR count). The van der Waals surface area contributed by atoms with E-state index in [1.807, 2.05) is 0 Å². The molecule has 1 saturated carbocycles. The van der Waals surface area contributed by atoms with Crippen LogP contribution in [-0.2, 0) is 0 Å². The summed E-state index contributed by atoms with van der Waals surface area (Å²) in [4.78, 5) is 50.1. The summed E-state index contributed by atoms with van der Waals surface area (Å²) < 4.78 is 0. The second kappa shape index (κ2) is 8.37. The van der Waals surface area contributed by atoms with Crippen molar-refractivity contribution in [3.63, 3.8) is 0 Å². The van der Waals surface area contributed by atoms with Gasteiger partial charge in [-0.15, -0.1) is 0 Å². The Labute approximate surface area is 162 Å². The minimum atomic E-state index is -0.598. The Bertz CT molecular complexity index is 804. The van der Waals surface area contributed by atoms with Crippen LogP contribution in [0.25, 0.3) is 0 Å². The Balaban J connectivity index is 1.50. The van der Waals surface area contributed by atoms with Crippen LogP contribution in [0.15, 0.2) is 18.2 Å². The van der Waals surface area contributed by atoms with Crippen LogP contribution in [0.4, 0.5) is 10.5 Å². The summed E-state index contributed by atoms with van der Waals surface area (Å²) in [5, 5.41) is 13.7. The minimum Gasteiger partial charge on any atom is -0.338 e. The number of nitrogens with zero attached hydrogens (tertiary/aromatic N) is 3. The lowest BCUT2D eigenvalue weighted by atomic mass is 9.95. The Morgan fingerprint density at radius 1 is 1.21 bits per heavy atom. The monoisotopic (exact) mass is 388 g/mol. The third-order valence-electron chi connectivity index (χ3n) is 5.44. The average molecular weight is 388 g/mol. The molecule has 0 radical (unpaired) electrons. The molecule has 150 valence electrons. The molecule has 0 aromatic heterocycles. The standard InChI is InChI=1S/C19H24N4O5/c1-21(13-6-3-2-4-7-13)19(26)20-10-5-11-22-17(24)15-9-8-14(23(27)28)12-16(15)18(22)25/h8-9,12-13H,2-7,10-11H2,1H3,(H,20,26). The quantitative estimate of drug-likeness (QED) is 0.348. The van der Waals surface area contributed by atoms with Gasteiger partial charge in [0.05, 0.1) is 16.1 Å². The van der Waals surface area contributed by atoms with E-state index >= 15 is 0 Å². The predicted octanol–water partition coefficient (Wildman–Crippen LogP) is 2.56. The van der Waals surface area contributed by atoms with Crippen LogP contribution in [0.3, 0.4) is 0 Å². The SMILES string of the molecule is CN(C(=O)NCCCN1C(=O)c2ccc([N+](=O)[O-])cc2C1=O)C1CCCCC1. The number of non-ortho nitro benzene ring substituents is 1. The lowest BCUT2D eigenvalue weighted by Gasteiger charge is -2.31. The molecule has 9 nitrogen and oxygen atoms in total. The van der Waals surface area contributed by atoms with E-state index in [0.29, 0.717) is 13.0 Å². The van der Waals surface area contributed by atoms with Gasteiger partial charge in [0.2, 0.25) is 0 Å². The summed E-state index contributed by atoms with van der Waals surface area (Å²) in [6, 6.07) is 3.78. The van der Waals surface area contributed by atoms with Gasteiger partial charge in [-0.05, 0) is 25.3 Å². The van der Waals surface area contributed by atoms with E-state index in [1.54, 1.807) is 11.9 Å². The summed E-state index contributed by atoms with van der Waals surface area (Å²) >= 11 is 0. The fourth-order valence-electron chi connectivity index (χ4n) is 3.79. The number of hydrogen-bond donors (Lipinski definition) is 1. The van der Waals surface area contributed by atoms with Crippen LogP contribution in [-0.4, -0.2) is 58.7 Å². The van der Waals surface area contributed by atoms with Crippen molar-refractivity contribution < 1.29 is 19.3 Å². The van der Waals surface area contributed by atoms with E-state index in [1.165, 1.54) is 18.6 Å². The molecule has 0 spiro atoms. The number of nitrogens with one attached hydrogen (secondary N) is 1. The smallest absolute Gasteiger partial charge is 0.317 e. The number of fused-ring (bicyclic) bond motifs is 1. The number of carbonyl (C=O) groups is 3. The molecule has 4 amide bonds. The van der Waals surface area contributed by atoms with Crippen LogP contribution in [0.5, 0.6) is 0 Å². The molecular formula is C19H24N4O5. The number of carbonyl (C=O) groups excluding carboxylic acids is 3. The van der Waals surface area contributed by atoms with Crippen LogP contribution < -0.4 is 5.32 Å². The van der Waals surface area contributed by atoms with Gasteiger partial charge in [-0.2, -0.15) is 0 Å². The number of nitro benzene ring substituents is 1. The number of imide groups is 1. The number of nitro groups is 1. The third-order valence-corrected chi connectivity index (χ3v) is 5.44. The van der Waals surface area contributed by atoms with Crippen molar-refractivity contribution >= 4 is 23.5 Å². The predicted molar refractivity (Wildman–Crippen MR) is 101 cm³/mol. The van der Waals surface area contributed by atoms with Crippen LogP contribution in [0, 0.1) is 10.1 Å². The Hall–Kier alpha value is -2.97. The number of rotatable bonds is 6. The summed E-state index contributed by atoms with van der Waals surface area (Å²) in [7, 11) is 1.79. The Morgan fingerprint density at radius 3 is 2.57 bits per heavy atom. The first-order chi connectivity index (χ1) is 13.4. The van der Waals surface area contributed by atoms with Gasteiger partial charge in [-0.1, -0.05) is 19.3 Å². The van der Waals surface area contributed by atoms with Crippen LogP contribution >= 0.6 is 0 Å². The first-order valence-electron chi connectivity index (χ1n) is 9.55. The zero-order chi connectivity index (χ0) is 20.3. The summed E-state index contributed by atoms with van der Waals surface area (Å²) in [6.07, 6.45) is 5.95. The molecule has 1 heterocycles. The Kier molecular flexibility index (Phi) is 5.91. The van der Waals surface area contributed by atoms with E-state index in [9.17, 15) is 24.5 Å². The summed E-state index contributed by atoms with van der Waals surface area (Å²) in [5.74, 6) is -0.991. The first-order valence-corrected chi connectivity index (χ1v) is 9.55. The molecule has 28 heavy (non-hydrogen) atoms. The fourth-order valence-corrected chi connectivity index (χ4v) is 3.79. The van der Waals surface area contributed by atoms with E-state index in [-0.39, 0.29) is 35.4 Å². The lowest BCUT2D eigenvalue weighted by Crippen LogP contribution is -2.45. The van der Waals surface area contributed by atoms with E-state index in [2.05, 4.69) is 5.32 Å². The lowest BCUT2D eigenvalue weighted by molar-refractivity contribution is -0.384. The highest BCUT2D eigenvalue weighted by molar-refractivity contribution is 6.21. The van der Waals surface area contributed by atoms with E-state index in [4.69, 9.17) is 0 Å². The maximum absolute atomic E-state index is 12.4. The topological polar surface area (TPSA) is 113 Å². The van der Waals surface area contributed by atoms with Crippen molar-refractivity contribution in [1.29, 1.82) is 0 Å². The minimum absolute atomic E-state index is 0.0558. The van der Waals surface area contributed by atoms with Crippen molar-refractivity contribution in [2.24, 2.45) is 0 Å². The molecule has 1 fully saturated rings. The number of hydrogen-bond acceptors (Lipinski definition) is 5. The number of benzene rings is 1. The second-order valence-corrected chi connectivity index (χ2v) is 7.24. The van der Waals surface area contributed by atoms with Crippen molar-refractivity contribution in [2.75, 3.05) is 20.1 Å². The van der Waals surface area contributed by atoms with Crippen LogP contribution in [0.1, 0.15) is 59.2 Å². The molecule has 1 aliphatic carbocycles. The number of urea groups is 1.